The summed E-state index contributed by atoms with van der Waals surface area (Å²) in [5.74, 6) is 2.26. The summed E-state index contributed by atoms with van der Waals surface area (Å²) in [5.41, 5.74) is 12.1. The number of benzene rings is 4. The highest BCUT2D eigenvalue weighted by Crippen LogP contribution is 2.34. The van der Waals surface area contributed by atoms with E-state index in [1.165, 1.54) is 58.2 Å². The smallest absolute Gasteiger partial charge is 0.127 e. The summed E-state index contributed by atoms with van der Waals surface area (Å²) in [7, 11) is 1.74. The molecule has 1 unspecified atom stereocenters. The van der Waals surface area contributed by atoms with Crippen molar-refractivity contribution in [1.82, 2.24) is 0 Å². The molecule has 4 rings (SSSR count). The molecule has 1 atom stereocenters. The maximum atomic E-state index is 6.58. The molecule has 0 aromatic heterocycles. The zero-order valence-electron chi connectivity index (χ0n) is 28.3. The minimum absolute atomic E-state index is 0.544. The first-order valence-corrected chi connectivity index (χ1v) is 16.5. The van der Waals surface area contributed by atoms with E-state index < -0.39 is 0 Å². The SMILES string of the molecule is CCCCC(CC)COc1cc(/C=C/c2c(C)c(C)c(/C=C/c3ccccc3)c(C)c2C)c(OC)cc1/C=C/c1ccccc1. The van der Waals surface area contributed by atoms with E-state index in [1.54, 1.807) is 7.11 Å². The monoisotopic (exact) mass is 598 g/mol. The van der Waals surface area contributed by atoms with Gasteiger partial charge in [0.1, 0.15) is 11.5 Å². The Labute approximate surface area is 272 Å². The van der Waals surface area contributed by atoms with Crippen LogP contribution in [0.3, 0.4) is 0 Å². The minimum Gasteiger partial charge on any atom is -0.496 e. The van der Waals surface area contributed by atoms with Crippen LogP contribution in [-0.4, -0.2) is 13.7 Å². The zero-order valence-corrected chi connectivity index (χ0v) is 28.3. The lowest BCUT2D eigenvalue weighted by atomic mass is 9.88. The predicted octanol–water partition coefficient (Wildman–Crippen LogP) is 12.0. The Morgan fingerprint density at radius 2 is 1.07 bits per heavy atom. The lowest BCUT2D eigenvalue weighted by Crippen LogP contribution is -2.12. The highest BCUT2D eigenvalue weighted by molar-refractivity contribution is 5.82. The van der Waals surface area contributed by atoms with E-state index in [-0.39, 0.29) is 0 Å². The Morgan fingerprint density at radius 3 is 1.58 bits per heavy atom. The molecular weight excluding hydrogens is 548 g/mol. The molecule has 0 amide bonds. The molecule has 0 N–H and O–H groups in total. The summed E-state index contributed by atoms with van der Waals surface area (Å²) in [6, 6.07) is 25.1. The maximum absolute atomic E-state index is 6.58. The molecule has 0 radical (unpaired) electrons. The lowest BCUT2D eigenvalue weighted by molar-refractivity contribution is 0.232. The van der Waals surface area contributed by atoms with Gasteiger partial charge in [0, 0.05) is 11.1 Å². The molecule has 0 fully saturated rings. The van der Waals surface area contributed by atoms with Crippen LogP contribution in [0.1, 0.15) is 95.2 Å². The van der Waals surface area contributed by atoms with Crippen LogP contribution in [0.4, 0.5) is 0 Å². The molecule has 45 heavy (non-hydrogen) atoms. The molecule has 0 spiro atoms. The molecule has 0 aliphatic rings. The molecule has 2 heteroatoms. The van der Waals surface area contributed by atoms with Gasteiger partial charge in [-0.3, -0.25) is 0 Å². The van der Waals surface area contributed by atoms with Crippen molar-refractivity contribution < 1.29 is 9.47 Å². The van der Waals surface area contributed by atoms with Crippen molar-refractivity contribution in [2.75, 3.05) is 13.7 Å². The van der Waals surface area contributed by atoms with E-state index in [4.69, 9.17) is 9.47 Å². The minimum atomic E-state index is 0.544. The van der Waals surface area contributed by atoms with Gasteiger partial charge in [-0.2, -0.15) is 0 Å². The molecule has 0 heterocycles. The number of rotatable bonds is 14. The van der Waals surface area contributed by atoms with E-state index in [9.17, 15) is 0 Å². The van der Waals surface area contributed by atoms with Gasteiger partial charge in [-0.05, 0) is 96.7 Å². The van der Waals surface area contributed by atoms with Crippen LogP contribution in [-0.2, 0) is 0 Å². The average Bonchev–Trinajstić information content (AvgIpc) is 3.07. The first-order valence-electron chi connectivity index (χ1n) is 16.5. The summed E-state index contributed by atoms with van der Waals surface area (Å²) >= 11 is 0. The molecule has 0 saturated heterocycles. The lowest BCUT2D eigenvalue weighted by Gasteiger charge is -2.19. The molecule has 0 aliphatic carbocycles. The Hall–Kier alpha value is -4.30. The second kappa shape index (κ2) is 16.7. The van der Waals surface area contributed by atoms with Crippen LogP contribution < -0.4 is 9.47 Å². The maximum Gasteiger partial charge on any atom is 0.127 e. The van der Waals surface area contributed by atoms with Crippen molar-refractivity contribution in [3.63, 3.8) is 0 Å². The largest absolute Gasteiger partial charge is 0.496 e. The standard InChI is InChI=1S/C43H50O2/c1-8-10-17-35(9-2)30-45-43-29-38(42(44-7)28-39(43)24-22-36-18-13-11-14-19-36)25-27-41-33(5)31(3)40(32(4)34(41)6)26-23-37-20-15-12-16-21-37/h11-16,18-29,35H,8-10,17,30H2,1-7H3/b24-22+,26-23+,27-25+. The first-order chi connectivity index (χ1) is 21.9. The number of hydrogen-bond donors (Lipinski definition) is 0. The zero-order chi connectivity index (χ0) is 32.2. The Bertz CT molecular complexity index is 1600. The van der Waals surface area contributed by atoms with Crippen LogP contribution in [0.25, 0.3) is 36.5 Å². The van der Waals surface area contributed by atoms with Crippen LogP contribution in [0.5, 0.6) is 11.5 Å². The summed E-state index contributed by atoms with van der Waals surface area (Å²) in [4.78, 5) is 0. The van der Waals surface area contributed by atoms with Crippen LogP contribution >= 0.6 is 0 Å². The molecule has 234 valence electrons. The number of ether oxygens (including phenoxy) is 2. The van der Waals surface area contributed by atoms with Crippen molar-refractivity contribution in [3.05, 3.63) is 128 Å². The van der Waals surface area contributed by atoms with Gasteiger partial charge in [0.05, 0.1) is 13.7 Å². The Morgan fingerprint density at radius 1 is 0.600 bits per heavy atom. The predicted molar refractivity (Wildman–Crippen MR) is 197 cm³/mol. The van der Waals surface area contributed by atoms with E-state index in [0.717, 1.165) is 34.6 Å². The second-order valence-corrected chi connectivity index (χ2v) is 12.0. The number of methoxy groups -OCH3 is 1. The summed E-state index contributed by atoms with van der Waals surface area (Å²) in [6.07, 6.45) is 17.9. The molecule has 0 aliphatic heterocycles. The third-order valence-electron chi connectivity index (χ3n) is 9.05. The highest BCUT2D eigenvalue weighted by atomic mass is 16.5. The average molecular weight is 599 g/mol. The topological polar surface area (TPSA) is 18.5 Å². The van der Waals surface area contributed by atoms with Crippen LogP contribution in [0, 0.1) is 33.6 Å². The first kappa shape index (κ1) is 33.6. The van der Waals surface area contributed by atoms with Crippen molar-refractivity contribution in [3.8, 4) is 11.5 Å². The third-order valence-corrected chi connectivity index (χ3v) is 9.05. The van der Waals surface area contributed by atoms with Crippen molar-refractivity contribution in [1.29, 1.82) is 0 Å². The van der Waals surface area contributed by atoms with Gasteiger partial charge < -0.3 is 9.47 Å². The van der Waals surface area contributed by atoms with Crippen molar-refractivity contribution in [2.24, 2.45) is 5.92 Å². The summed E-state index contributed by atoms with van der Waals surface area (Å²) in [5, 5.41) is 0. The van der Waals surface area contributed by atoms with Gasteiger partial charge in [-0.25, -0.2) is 0 Å². The van der Waals surface area contributed by atoms with Gasteiger partial charge in [-0.1, -0.05) is 130 Å². The summed E-state index contributed by atoms with van der Waals surface area (Å²) in [6.45, 7) is 14.1. The van der Waals surface area contributed by atoms with Gasteiger partial charge in [0.25, 0.3) is 0 Å². The second-order valence-electron chi connectivity index (χ2n) is 12.0. The molecule has 2 nitrogen and oxygen atoms in total. The highest BCUT2D eigenvalue weighted by Gasteiger charge is 2.14. The Kier molecular flexibility index (Phi) is 12.5. The van der Waals surface area contributed by atoms with Gasteiger partial charge >= 0.3 is 0 Å². The summed E-state index contributed by atoms with van der Waals surface area (Å²) < 4.78 is 12.5. The van der Waals surface area contributed by atoms with E-state index >= 15 is 0 Å². The van der Waals surface area contributed by atoms with Crippen LogP contribution in [0.15, 0.2) is 72.8 Å². The fraction of sp³-hybridized carbons (Fsp3) is 0.302. The number of unbranched alkanes of at least 4 members (excludes halogenated alkanes) is 1. The molecule has 0 bridgehead atoms. The molecule has 0 saturated carbocycles. The third kappa shape index (κ3) is 8.88. The fourth-order valence-corrected chi connectivity index (χ4v) is 5.80. The van der Waals surface area contributed by atoms with Crippen molar-refractivity contribution in [2.45, 2.75) is 67.2 Å². The van der Waals surface area contributed by atoms with Crippen molar-refractivity contribution >= 4 is 36.5 Å². The van der Waals surface area contributed by atoms with E-state index in [0.29, 0.717) is 12.5 Å². The molecular formula is C43H50O2. The fourth-order valence-electron chi connectivity index (χ4n) is 5.80. The number of hydrogen-bond acceptors (Lipinski definition) is 2. The van der Waals surface area contributed by atoms with Crippen LogP contribution in [0.2, 0.25) is 0 Å². The quantitative estimate of drug-likeness (QED) is 0.134. The molecule has 4 aromatic rings. The molecule has 4 aromatic carbocycles. The van der Waals surface area contributed by atoms with Gasteiger partial charge in [0.15, 0.2) is 0 Å². The van der Waals surface area contributed by atoms with E-state index in [1.807, 2.05) is 6.07 Å². The Balaban J connectivity index is 1.70. The van der Waals surface area contributed by atoms with Gasteiger partial charge in [-0.15, -0.1) is 0 Å². The normalized spacial score (nSPS) is 12.4. The van der Waals surface area contributed by atoms with E-state index in [2.05, 4.69) is 145 Å². The van der Waals surface area contributed by atoms with Gasteiger partial charge in [0.2, 0.25) is 0 Å².